The maximum Gasteiger partial charge on any atom is 0.234 e. The number of methoxy groups -OCH3 is 1. The molecule has 2 rings (SSSR count). The molecule has 1 aromatic rings. The summed E-state index contributed by atoms with van der Waals surface area (Å²) in [5.74, 6) is -0.437. The van der Waals surface area contributed by atoms with Gasteiger partial charge in [-0.1, -0.05) is 30.7 Å². The Kier molecular flexibility index (Phi) is 6.55. The van der Waals surface area contributed by atoms with Gasteiger partial charge in [-0.15, -0.1) is 0 Å². The van der Waals surface area contributed by atoms with Crippen molar-refractivity contribution >= 4 is 11.8 Å². The summed E-state index contributed by atoms with van der Waals surface area (Å²) < 4.78 is 5.16. The second-order valence-corrected chi connectivity index (χ2v) is 5.86. The number of nitrogens with zero attached hydrogens (tertiary/aromatic N) is 1. The summed E-state index contributed by atoms with van der Waals surface area (Å²) in [6.45, 7) is 1.91. The second kappa shape index (κ2) is 8.64. The van der Waals surface area contributed by atoms with Crippen molar-refractivity contribution in [1.29, 1.82) is 0 Å². The van der Waals surface area contributed by atoms with Gasteiger partial charge in [-0.3, -0.25) is 14.5 Å². The first kappa shape index (κ1) is 17.4. The lowest BCUT2D eigenvalue weighted by molar-refractivity contribution is -0.128. The summed E-state index contributed by atoms with van der Waals surface area (Å²) in [7, 11) is 1.65. The molecule has 1 fully saturated rings. The molecule has 23 heavy (non-hydrogen) atoms. The summed E-state index contributed by atoms with van der Waals surface area (Å²) >= 11 is 0. The zero-order valence-corrected chi connectivity index (χ0v) is 13.6. The summed E-state index contributed by atoms with van der Waals surface area (Å²) in [4.78, 5) is 25.5. The molecule has 0 bridgehead atoms. The fourth-order valence-electron chi connectivity index (χ4n) is 2.96. The number of carbonyl (C=O) groups is 2. The minimum Gasteiger partial charge on any atom is -0.380 e. The first-order valence-electron chi connectivity index (χ1n) is 7.97. The third kappa shape index (κ3) is 5.04. The van der Waals surface area contributed by atoms with Crippen LogP contribution in [0.2, 0.25) is 0 Å². The van der Waals surface area contributed by atoms with Gasteiger partial charge in [-0.2, -0.15) is 0 Å². The molecule has 6 heteroatoms. The topological polar surface area (TPSA) is 84.7 Å². The maximum absolute atomic E-state index is 12.2. The Morgan fingerprint density at radius 1 is 1.30 bits per heavy atom. The molecule has 2 amide bonds. The number of primary amides is 1. The van der Waals surface area contributed by atoms with Crippen molar-refractivity contribution in [2.24, 2.45) is 5.73 Å². The molecule has 1 atom stereocenters. The van der Waals surface area contributed by atoms with Crippen LogP contribution in [-0.4, -0.2) is 43.0 Å². The number of nitrogens with one attached hydrogen (secondary N) is 1. The quantitative estimate of drug-likeness (QED) is 0.778. The van der Waals surface area contributed by atoms with Crippen molar-refractivity contribution in [3.05, 3.63) is 35.4 Å². The molecule has 0 spiro atoms. The Morgan fingerprint density at radius 2 is 2.04 bits per heavy atom. The normalized spacial score (nSPS) is 18.6. The largest absolute Gasteiger partial charge is 0.380 e. The van der Waals surface area contributed by atoms with Crippen LogP contribution in [0.25, 0.3) is 0 Å². The molecular formula is C17H25N3O3. The van der Waals surface area contributed by atoms with Gasteiger partial charge in [0.1, 0.15) is 0 Å². The van der Waals surface area contributed by atoms with Crippen LogP contribution in [0.5, 0.6) is 0 Å². The third-order valence-electron chi connectivity index (χ3n) is 4.18. The molecule has 1 unspecified atom stereocenters. The highest BCUT2D eigenvalue weighted by Crippen LogP contribution is 2.16. The highest BCUT2D eigenvalue weighted by molar-refractivity contribution is 5.82. The SMILES string of the molecule is COCc1ccccc1CNC(=O)CN1CCCCC1C(N)=O. The standard InChI is InChI=1S/C17H25N3O3/c1-23-12-14-7-3-2-6-13(14)10-19-16(21)11-20-9-5-4-8-15(20)17(18)22/h2-3,6-7,15H,4-5,8-12H2,1H3,(H2,18,22)(H,19,21). The van der Waals surface area contributed by atoms with E-state index in [0.29, 0.717) is 13.2 Å². The number of benzene rings is 1. The van der Waals surface area contributed by atoms with Crippen molar-refractivity contribution in [2.45, 2.75) is 38.5 Å². The minimum absolute atomic E-state index is 0.0923. The van der Waals surface area contributed by atoms with Gasteiger partial charge in [0, 0.05) is 13.7 Å². The Labute approximate surface area is 137 Å². The van der Waals surface area contributed by atoms with Gasteiger partial charge in [0.15, 0.2) is 0 Å². The summed E-state index contributed by atoms with van der Waals surface area (Å²) in [5, 5.41) is 2.92. The zero-order valence-electron chi connectivity index (χ0n) is 13.6. The third-order valence-corrected chi connectivity index (χ3v) is 4.18. The fraction of sp³-hybridized carbons (Fsp3) is 0.529. The van der Waals surface area contributed by atoms with E-state index in [2.05, 4.69) is 5.32 Å². The predicted octanol–water partition coefficient (Wildman–Crippen LogP) is 0.789. The number of ether oxygens (including phenoxy) is 1. The van der Waals surface area contributed by atoms with Gasteiger partial charge in [-0.25, -0.2) is 0 Å². The highest BCUT2D eigenvalue weighted by atomic mass is 16.5. The lowest BCUT2D eigenvalue weighted by atomic mass is 10.0. The summed E-state index contributed by atoms with van der Waals surface area (Å²) in [5.41, 5.74) is 7.52. The minimum atomic E-state index is -0.344. The molecule has 0 aliphatic carbocycles. The first-order chi connectivity index (χ1) is 11.1. The van der Waals surface area contributed by atoms with Crippen LogP contribution in [0.1, 0.15) is 30.4 Å². The second-order valence-electron chi connectivity index (χ2n) is 5.86. The van der Waals surface area contributed by atoms with E-state index in [1.165, 1.54) is 0 Å². The molecule has 6 nitrogen and oxygen atoms in total. The number of hydrogen-bond acceptors (Lipinski definition) is 4. The first-order valence-corrected chi connectivity index (χ1v) is 7.97. The molecule has 1 heterocycles. The van der Waals surface area contributed by atoms with Crippen molar-refractivity contribution < 1.29 is 14.3 Å². The molecule has 1 aliphatic heterocycles. The van der Waals surface area contributed by atoms with E-state index in [9.17, 15) is 9.59 Å². The van der Waals surface area contributed by atoms with E-state index in [-0.39, 0.29) is 24.4 Å². The number of likely N-dealkylation sites (tertiary alicyclic amines) is 1. The van der Waals surface area contributed by atoms with Crippen molar-refractivity contribution in [2.75, 3.05) is 20.2 Å². The molecule has 126 valence electrons. The van der Waals surface area contributed by atoms with E-state index in [1.807, 2.05) is 29.2 Å². The molecule has 0 aromatic heterocycles. The number of hydrogen-bond donors (Lipinski definition) is 2. The Balaban J connectivity index is 1.88. The molecule has 0 saturated carbocycles. The van der Waals surface area contributed by atoms with E-state index in [4.69, 9.17) is 10.5 Å². The predicted molar refractivity (Wildman–Crippen MR) is 87.4 cm³/mol. The van der Waals surface area contributed by atoms with E-state index >= 15 is 0 Å². The number of carbonyl (C=O) groups excluding carboxylic acids is 2. The summed E-state index contributed by atoms with van der Waals surface area (Å²) in [6.07, 6.45) is 2.71. The lowest BCUT2D eigenvalue weighted by Gasteiger charge is -2.32. The van der Waals surface area contributed by atoms with Crippen LogP contribution in [0, 0.1) is 0 Å². The Hall–Kier alpha value is -1.92. The Morgan fingerprint density at radius 3 is 2.74 bits per heavy atom. The van der Waals surface area contributed by atoms with Crippen LogP contribution in [0.3, 0.4) is 0 Å². The monoisotopic (exact) mass is 319 g/mol. The van der Waals surface area contributed by atoms with Crippen LogP contribution >= 0.6 is 0 Å². The molecule has 0 radical (unpaired) electrons. The van der Waals surface area contributed by atoms with E-state index in [0.717, 1.165) is 36.9 Å². The van der Waals surface area contributed by atoms with Gasteiger partial charge in [0.25, 0.3) is 0 Å². The number of rotatable bonds is 7. The molecule has 3 N–H and O–H groups in total. The van der Waals surface area contributed by atoms with E-state index in [1.54, 1.807) is 7.11 Å². The van der Waals surface area contributed by atoms with Crippen LogP contribution in [0.15, 0.2) is 24.3 Å². The molecular weight excluding hydrogens is 294 g/mol. The molecule has 1 aliphatic rings. The van der Waals surface area contributed by atoms with Crippen molar-refractivity contribution in [3.8, 4) is 0 Å². The number of nitrogens with two attached hydrogens (primary N) is 1. The van der Waals surface area contributed by atoms with Crippen molar-refractivity contribution in [3.63, 3.8) is 0 Å². The van der Waals surface area contributed by atoms with Crippen LogP contribution < -0.4 is 11.1 Å². The van der Waals surface area contributed by atoms with Crippen molar-refractivity contribution in [1.82, 2.24) is 10.2 Å². The molecule has 1 aromatic carbocycles. The maximum atomic E-state index is 12.2. The lowest BCUT2D eigenvalue weighted by Crippen LogP contribution is -2.51. The summed E-state index contributed by atoms with van der Waals surface area (Å²) in [6, 6.07) is 7.52. The molecule has 1 saturated heterocycles. The smallest absolute Gasteiger partial charge is 0.234 e. The van der Waals surface area contributed by atoms with Gasteiger partial charge in [0.05, 0.1) is 19.2 Å². The van der Waals surface area contributed by atoms with Crippen LogP contribution in [0.4, 0.5) is 0 Å². The Bertz CT molecular complexity index is 548. The average Bonchev–Trinajstić information content (AvgIpc) is 2.54. The average molecular weight is 319 g/mol. The fourth-order valence-corrected chi connectivity index (χ4v) is 2.96. The zero-order chi connectivity index (χ0) is 16.7. The van der Waals surface area contributed by atoms with Gasteiger partial charge in [0.2, 0.25) is 11.8 Å². The number of amides is 2. The highest BCUT2D eigenvalue weighted by Gasteiger charge is 2.28. The van der Waals surface area contributed by atoms with Gasteiger partial charge in [-0.05, 0) is 30.5 Å². The van der Waals surface area contributed by atoms with Gasteiger partial charge >= 0.3 is 0 Å². The van der Waals surface area contributed by atoms with E-state index < -0.39 is 0 Å². The van der Waals surface area contributed by atoms with Crippen LogP contribution in [-0.2, 0) is 27.5 Å². The van der Waals surface area contributed by atoms with Gasteiger partial charge < -0.3 is 15.8 Å². The number of piperidine rings is 1.